The molecule has 0 aromatic heterocycles. The van der Waals surface area contributed by atoms with Gasteiger partial charge in [-0.3, -0.25) is 0 Å². The van der Waals surface area contributed by atoms with Gasteiger partial charge in [-0.1, -0.05) is 35.6 Å². The summed E-state index contributed by atoms with van der Waals surface area (Å²) in [6.45, 7) is 12.0. The van der Waals surface area contributed by atoms with E-state index in [0.29, 0.717) is 18.2 Å². The van der Waals surface area contributed by atoms with Gasteiger partial charge in [0.25, 0.3) is 0 Å². The van der Waals surface area contributed by atoms with Gasteiger partial charge in [0.15, 0.2) is 0 Å². The van der Waals surface area contributed by atoms with Crippen molar-refractivity contribution in [2.24, 2.45) is 0 Å². The summed E-state index contributed by atoms with van der Waals surface area (Å²) >= 11 is 0. The first-order chi connectivity index (χ1) is 3.86. The van der Waals surface area contributed by atoms with Crippen molar-refractivity contribution < 1.29 is 0 Å². The molecule has 9 heavy (non-hydrogen) atoms. The molecule has 0 aliphatic carbocycles. The van der Waals surface area contributed by atoms with Gasteiger partial charge in [0.05, 0.1) is 0 Å². The Labute approximate surface area is 59.8 Å². The molecule has 1 aliphatic heterocycles. The molecule has 0 amide bonds. The van der Waals surface area contributed by atoms with Gasteiger partial charge in [0.1, 0.15) is 0 Å². The topological polar surface area (TPSA) is 0 Å². The van der Waals surface area contributed by atoms with Crippen LogP contribution in [0.4, 0.5) is 0 Å². The summed E-state index contributed by atoms with van der Waals surface area (Å²) in [6.07, 6.45) is 1.42. The average Bonchev–Trinajstić information content (AvgIpc) is 1.63. The Morgan fingerprint density at radius 3 is 1.33 bits per heavy atom. The van der Waals surface area contributed by atoms with Gasteiger partial charge < -0.3 is 0 Å². The Bertz CT molecular complexity index is 111. The fraction of sp³-hybridized carbons (Fsp3) is 1.00. The van der Waals surface area contributed by atoms with Crippen molar-refractivity contribution in [1.29, 1.82) is 0 Å². The molecule has 0 N–H and O–H groups in total. The minimum atomic E-state index is 0.296. The predicted molar refractivity (Wildman–Crippen MR) is 45.6 cm³/mol. The molecule has 0 spiro atoms. The van der Waals surface area contributed by atoms with Crippen molar-refractivity contribution >= 4 is 7.92 Å². The molecule has 0 aromatic rings. The lowest BCUT2D eigenvalue weighted by molar-refractivity contribution is 0.452. The third-order valence-corrected chi connectivity index (χ3v) is 6.63. The van der Waals surface area contributed by atoms with Crippen molar-refractivity contribution in [3.05, 3.63) is 0 Å². The Kier molecular flexibility index (Phi) is 1.44. The van der Waals surface area contributed by atoms with E-state index in [4.69, 9.17) is 0 Å². The summed E-state index contributed by atoms with van der Waals surface area (Å²) in [5.74, 6) is 0. The highest BCUT2D eigenvalue weighted by atomic mass is 31.1. The van der Waals surface area contributed by atoms with E-state index in [1.165, 1.54) is 6.42 Å². The van der Waals surface area contributed by atoms with E-state index >= 15 is 0 Å². The van der Waals surface area contributed by atoms with Gasteiger partial charge >= 0.3 is 0 Å². The third kappa shape index (κ3) is 1.03. The highest BCUT2D eigenvalue weighted by Gasteiger charge is 2.49. The van der Waals surface area contributed by atoms with Crippen molar-refractivity contribution in [3.8, 4) is 0 Å². The van der Waals surface area contributed by atoms with Crippen LogP contribution in [-0.4, -0.2) is 17.0 Å². The zero-order valence-corrected chi connectivity index (χ0v) is 8.05. The minimum Gasteiger partial charge on any atom is -0.0982 e. The second-order valence-electron chi connectivity index (χ2n) is 4.36. The third-order valence-electron chi connectivity index (χ3n) is 2.68. The predicted octanol–water partition coefficient (Wildman–Crippen LogP) is 3.06. The van der Waals surface area contributed by atoms with Gasteiger partial charge in [-0.15, -0.1) is 0 Å². The van der Waals surface area contributed by atoms with Crippen LogP contribution in [0.2, 0.25) is 0 Å². The lowest BCUT2D eigenvalue weighted by Gasteiger charge is -2.56. The van der Waals surface area contributed by atoms with Crippen LogP contribution >= 0.6 is 7.92 Å². The highest BCUT2D eigenvalue weighted by Crippen LogP contribution is 2.70. The van der Waals surface area contributed by atoms with E-state index in [0.717, 1.165) is 0 Å². The molecule has 0 aromatic carbocycles. The lowest BCUT2D eigenvalue weighted by Crippen LogP contribution is -2.45. The smallest absolute Gasteiger partial charge is 0.0140 e. The molecule has 0 radical (unpaired) electrons. The van der Waals surface area contributed by atoms with Crippen molar-refractivity contribution in [2.75, 3.05) is 6.66 Å². The zero-order chi connectivity index (χ0) is 7.28. The molecule has 1 saturated heterocycles. The first-order valence-corrected chi connectivity index (χ1v) is 5.39. The fourth-order valence-corrected chi connectivity index (χ4v) is 4.66. The monoisotopic (exact) mass is 144 g/mol. The van der Waals surface area contributed by atoms with Gasteiger partial charge in [-0.2, -0.15) is 0 Å². The SMILES string of the molecule is CP1C(C)(C)CC1(C)C. The maximum atomic E-state index is 2.43. The standard InChI is InChI=1S/C8H17P/c1-7(2)6-8(3,4)9(7)5/h6H2,1-5H3. The Hall–Kier alpha value is 0.430. The van der Waals surface area contributed by atoms with E-state index < -0.39 is 0 Å². The largest absolute Gasteiger partial charge is 0.0982 e. The molecule has 1 heterocycles. The van der Waals surface area contributed by atoms with Crippen LogP contribution in [0.1, 0.15) is 34.1 Å². The number of rotatable bonds is 0. The Morgan fingerprint density at radius 1 is 1.00 bits per heavy atom. The molecule has 0 saturated carbocycles. The molecular weight excluding hydrogens is 127 g/mol. The summed E-state index contributed by atoms with van der Waals surface area (Å²) in [7, 11) is 0.296. The van der Waals surface area contributed by atoms with Gasteiger partial charge in [0.2, 0.25) is 0 Å². The molecule has 0 atom stereocenters. The van der Waals surface area contributed by atoms with Crippen LogP contribution in [-0.2, 0) is 0 Å². The highest BCUT2D eigenvalue weighted by molar-refractivity contribution is 7.61. The van der Waals surface area contributed by atoms with E-state index in [9.17, 15) is 0 Å². The molecule has 1 fully saturated rings. The van der Waals surface area contributed by atoms with E-state index in [-0.39, 0.29) is 0 Å². The van der Waals surface area contributed by atoms with Gasteiger partial charge in [-0.05, 0) is 23.4 Å². The minimum absolute atomic E-state index is 0.296. The summed E-state index contributed by atoms with van der Waals surface area (Å²) in [5.41, 5.74) is 0. The van der Waals surface area contributed by atoms with Gasteiger partial charge in [0, 0.05) is 0 Å². The zero-order valence-electron chi connectivity index (χ0n) is 7.15. The van der Waals surface area contributed by atoms with E-state index in [1.54, 1.807) is 0 Å². The maximum Gasteiger partial charge on any atom is -0.0140 e. The summed E-state index contributed by atoms with van der Waals surface area (Å²) in [5, 5.41) is 1.36. The molecular formula is C8H17P. The van der Waals surface area contributed by atoms with Crippen LogP contribution < -0.4 is 0 Å². The second kappa shape index (κ2) is 1.72. The van der Waals surface area contributed by atoms with Crippen LogP contribution in [0.5, 0.6) is 0 Å². The van der Waals surface area contributed by atoms with Crippen LogP contribution in [0, 0.1) is 0 Å². The molecule has 1 rings (SSSR count). The lowest BCUT2D eigenvalue weighted by atomic mass is 9.96. The van der Waals surface area contributed by atoms with E-state index in [2.05, 4.69) is 34.4 Å². The first-order valence-electron chi connectivity index (χ1n) is 3.60. The summed E-state index contributed by atoms with van der Waals surface area (Å²) < 4.78 is 0. The van der Waals surface area contributed by atoms with Crippen molar-refractivity contribution in [2.45, 2.75) is 44.4 Å². The molecule has 0 nitrogen and oxygen atoms in total. The number of hydrogen-bond acceptors (Lipinski definition) is 0. The molecule has 1 heteroatoms. The Morgan fingerprint density at radius 2 is 1.33 bits per heavy atom. The van der Waals surface area contributed by atoms with E-state index in [1.807, 2.05) is 0 Å². The van der Waals surface area contributed by atoms with Crippen molar-refractivity contribution in [3.63, 3.8) is 0 Å². The fourth-order valence-electron chi connectivity index (χ4n) is 2.02. The number of hydrogen-bond donors (Lipinski definition) is 0. The second-order valence-corrected chi connectivity index (χ2v) is 7.90. The van der Waals surface area contributed by atoms with Crippen LogP contribution in [0.3, 0.4) is 0 Å². The molecule has 0 bridgehead atoms. The molecule has 0 unspecified atom stereocenters. The quantitative estimate of drug-likeness (QED) is 0.458. The Balaban J connectivity index is 2.62. The average molecular weight is 144 g/mol. The van der Waals surface area contributed by atoms with Crippen LogP contribution in [0.15, 0.2) is 0 Å². The first kappa shape index (κ1) is 7.54. The summed E-state index contributed by atoms with van der Waals surface area (Å²) in [6, 6.07) is 0. The molecule has 1 aliphatic rings. The maximum absolute atomic E-state index is 2.43. The normalized spacial score (nSPS) is 31.7. The van der Waals surface area contributed by atoms with Crippen LogP contribution in [0.25, 0.3) is 0 Å². The van der Waals surface area contributed by atoms with Crippen molar-refractivity contribution in [1.82, 2.24) is 0 Å². The summed E-state index contributed by atoms with van der Waals surface area (Å²) in [4.78, 5) is 0. The molecule has 54 valence electrons. The van der Waals surface area contributed by atoms with Gasteiger partial charge in [-0.25, -0.2) is 0 Å².